The smallest absolute Gasteiger partial charge is 0.257 e. The predicted octanol–water partition coefficient (Wildman–Crippen LogP) is 2.62. The van der Waals surface area contributed by atoms with Crippen molar-refractivity contribution in [3.05, 3.63) is 69.5 Å². The highest BCUT2D eigenvalue weighted by Gasteiger charge is 2.15. The Morgan fingerprint density at radius 2 is 1.86 bits per heavy atom. The standard InChI is InChI=1S/C20H19ClN4O3/c1-25(2)18-14(21)7-5-9-16(18)24-17(26)11-23-20(28)13-10-22-15-8-4-3-6-12(15)19(13)27/h3-10H,11H2,1-2H3,(H,22,27)(H,23,28)(H,24,26). The fraction of sp³-hybridized carbons (Fsp3) is 0.150. The maximum absolute atomic E-state index is 12.5. The van der Waals surface area contributed by atoms with Gasteiger partial charge in [-0.05, 0) is 24.3 Å². The second kappa shape index (κ2) is 8.14. The summed E-state index contributed by atoms with van der Waals surface area (Å²) in [6.45, 7) is -0.287. The summed E-state index contributed by atoms with van der Waals surface area (Å²) in [4.78, 5) is 41.8. The summed E-state index contributed by atoms with van der Waals surface area (Å²) >= 11 is 6.18. The van der Waals surface area contributed by atoms with Gasteiger partial charge in [0.2, 0.25) is 11.3 Å². The molecule has 0 radical (unpaired) electrons. The van der Waals surface area contributed by atoms with Crippen molar-refractivity contribution in [2.24, 2.45) is 0 Å². The molecule has 0 saturated carbocycles. The molecule has 2 aromatic carbocycles. The Kier molecular flexibility index (Phi) is 5.65. The third kappa shape index (κ3) is 3.99. The molecule has 0 bridgehead atoms. The molecular formula is C20H19ClN4O3. The summed E-state index contributed by atoms with van der Waals surface area (Å²) in [5.41, 5.74) is 1.38. The van der Waals surface area contributed by atoms with Crippen LogP contribution in [0.5, 0.6) is 0 Å². The van der Waals surface area contributed by atoms with Crippen molar-refractivity contribution in [1.29, 1.82) is 0 Å². The van der Waals surface area contributed by atoms with Crippen LogP contribution in [0.15, 0.2) is 53.5 Å². The minimum Gasteiger partial charge on any atom is -0.375 e. The normalized spacial score (nSPS) is 10.5. The lowest BCUT2D eigenvalue weighted by Crippen LogP contribution is -2.35. The van der Waals surface area contributed by atoms with Gasteiger partial charge in [-0.25, -0.2) is 0 Å². The Morgan fingerprint density at radius 1 is 1.11 bits per heavy atom. The highest BCUT2D eigenvalue weighted by atomic mass is 35.5. The first kappa shape index (κ1) is 19.4. The van der Waals surface area contributed by atoms with Crippen LogP contribution in [0.3, 0.4) is 0 Å². The topological polar surface area (TPSA) is 94.3 Å². The number of hydrogen-bond donors (Lipinski definition) is 3. The zero-order valence-corrected chi connectivity index (χ0v) is 16.1. The van der Waals surface area contributed by atoms with Gasteiger partial charge in [0, 0.05) is 31.2 Å². The largest absolute Gasteiger partial charge is 0.375 e. The number of rotatable bonds is 5. The third-order valence-electron chi connectivity index (χ3n) is 4.15. The molecule has 0 unspecified atom stereocenters. The maximum Gasteiger partial charge on any atom is 0.257 e. The Labute approximate surface area is 166 Å². The minimum absolute atomic E-state index is 0.0526. The average molecular weight is 399 g/mol. The second-order valence-electron chi connectivity index (χ2n) is 6.34. The van der Waals surface area contributed by atoms with Crippen LogP contribution in [0.25, 0.3) is 10.9 Å². The molecule has 7 nitrogen and oxygen atoms in total. The van der Waals surface area contributed by atoms with Crippen molar-refractivity contribution >= 4 is 45.7 Å². The molecule has 0 spiro atoms. The predicted molar refractivity (Wildman–Crippen MR) is 111 cm³/mol. The van der Waals surface area contributed by atoms with E-state index in [2.05, 4.69) is 15.6 Å². The van der Waals surface area contributed by atoms with E-state index in [0.717, 1.165) is 0 Å². The number of amides is 2. The number of carbonyl (C=O) groups excluding carboxylic acids is 2. The lowest BCUT2D eigenvalue weighted by Gasteiger charge is -2.19. The van der Waals surface area contributed by atoms with Gasteiger partial charge in [-0.3, -0.25) is 14.4 Å². The number of nitrogens with one attached hydrogen (secondary N) is 3. The van der Waals surface area contributed by atoms with Crippen LogP contribution in [-0.2, 0) is 4.79 Å². The Bertz CT molecular complexity index is 1110. The second-order valence-corrected chi connectivity index (χ2v) is 6.75. The molecular weight excluding hydrogens is 380 g/mol. The minimum atomic E-state index is -0.624. The number of para-hydroxylation sites is 2. The van der Waals surface area contributed by atoms with Crippen molar-refractivity contribution < 1.29 is 9.59 Å². The van der Waals surface area contributed by atoms with E-state index < -0.39 is 17.2 Å². The fourth-order valence-electron chi connectivity index (χ4n) is 2.86. The van der Waals surface area contributed by atoms with Gasteiger partial charge in [-0.1, -0.05) is 29.8 Å². The van der Waals surface area contributed by atoms with Crippen LogP contribution in [0.2, 0.25) is 5.02 Å². The summed E-state index contributed by atoms with van der Waals surface area (Å²) in [5.74, 6) is -1.06. The summed E-state index contributed by atoms with van der Waals surface area (Å²) in [5, 5.41) is 6.09. The number of pyridine rings is 1. The van der Waals surface area contributed by atoms with Gasteiger partial charge < -0.3 is 20.5 Å². The van der Waals surface area contributed by atoms with Gasteiger partial charge in [0.05, 0.1) is 22.9 Å². The molecule has 0 aliphatic rings. The van der Waals surface area contributed by atoms with Crippen LogP contribution >= 0.6 is 11.6 Å². The maximum atomic E-state index is 12.5. The SMILES string of the molecule is CN(C)c1c(Cl)cccc1NC(=O)CNC(=O)c1c[nH]c2ccccc2c1=O. The Hall–Kier alpha value is -3.32. The summed E-state index contributed by atoms with van der Waals surface area (Å²) < 4.78 is 0. The first-order valence-electron chi connectivity index (χ1n) is 8.53. The molecule has 0 aliphatic carbocycles. The zero-order chi connectivity index (χ0) is 20.3. The van der Waals surface area contributed by atoms with Crippen LogP contribution in [0.1, 0.15) is 10.4 Å². The lowest BCUT2D eigenvalue weighted by molar-refractivity contribution is -0.115. The average Bonchev–Trinajstić information content (AvgIpc) is 2.66. The highest BCUT2D eigenvalue weighted by molar-refractivity contribution is 6.34. The molecule has 3 N–H and O–H groups in total. The number of benzene rings is 2. The van der Waals surface area contributed by atoms with Gasteiger partial charge in [-0.15, -0.1) is 0 Å². The molecule has 144 valence electrons. The fourth-order valence-corrected chi connectivity index (χ4v) is 3.20. The monoisotopic (exact) mass is 398 g/mol. The van der Waals surface area contributed by atoms with Crippen LogP contribution < -0.4 is 21.0 Å². The molecule has 8 heteroatoms. The summed E-state index contributed by atoms with van der Waals surface area (Å²) in [6.07, 6.45) is 1.35. The molecule has 0 fully saturated rings. The third-order valence-corrected chi connectivity index (χ3v) is 4.46. The quantitative estimate of drug-likeness (QED) is 0.615. The number of anilines is 2. The summed E-state index contributed by atoms with van der Waals surface area (Å²) in [6, 6.07) is 12.1. The number of fused-ring (bicyclic) bond motifs is 1. The number of aromatic nitrogens is 1. The Balaban J connectivity index is 1.71. The molecule has 2 amide bonds. The Morgan fingerprint density at radius 3 is 2.61 bits per heavy atom. The summed E-state index contributed by atoms with van der Waals surface area (Å²) in [7, 11) is 3.62. The lowest BCUT2D eigenvalue weighted by atomic mass is 10.1. The van der Waals surface area contributed by atoms with E-state index >= 15 is 0 Å². The van der Waals surface area contributed by atoms with E-state index in [-0.39, 0.29) is 12.1 Å². The number of nitrogens with zero attached hydrogens (tertiary/aromatic N) is 1. The number of hydrogen-bond acceptors (Lipinski definition) is 4. The molecule has 1 aromatic heterocycles. The van der Waals surface area contributed by atoms with Crippen molar-refractivity contribution in [3.63, 3.8) is 0 Å². The van der Waals surface area contributed by atoms with E-state index in [1.165, 1.54) is 6.20 Å². The molecule has 0 saturated heterocycles. The molecule has 1 heterocycles. The number of halogens is 1. The van der Waals surface area contributed by atoms with Gasteiger partial charge in [0.15, 0.2) is 0 Å². The van der Waals surface area contributed by atoms with Crippen molar-refractivity contribution in [2.75, 3.05) is 30.9 Å². The molecule has 3 rings (SSSR count). The van der Waals surface area contributed by atoms with Gasteiger partial charge in [0.1, 0.15) is 5.56 Å². The first-order chi connectivity index (χ1) is 13.4. The van der Waals surface area contributed by atoms with E-state index in [9.17, 15) is 14.4 Å². The molecule has 0 aliphatic heterocycles. The molecule has 3 aromatic rings. The number of aromatic amines is 1. The van der Waals surface area contributed by atoms with E-state index in [1.54, 1.807) is 47.4 Å². The van der Waals surface area contributed by atoms with Crippen molar-refractivity contribution in [3.8, 4) is 0 Å². The van der Waals surface area contributed by atoms with Crippen molar-refractivity contribution in [2.45, 2.75) is 0 Å². The van der Waals surface area contributed by atoms with Crippen molar-refractivity contribution in [1.82, 2.24) is 10.3 Å². The van der Waals surface area contributed by atoms with E-state index in [1.807, 2.05) is 14.1 Å². The van der Waals surface area contributed by atoms with E-state index in [4.69, 9.17) is 11.6 Å². The van der Waals surface area contributed by atoms with Gasteiger partial charge in [0.25, 0.3) is 5.91 Å². The zero-order valence-electron chi connectivity index (χ0n) is 15.4. The first-order valence-corrected chi connectivity index (χ1v) is 8.90. The van der Waals surface area contributed by atoms with E-state index in [0.29, 0.717) is 27.3 Å². The van der Waals surface area contributed by atoms with Crippen LogP contribution in [0.4, 0.5) is 11.4 Å². The molecule has 0 atom stereocenters. The van der Waals surface area contributed by atoms with Crippen LogP contribution in [-0.4, -0.2) is 37.4 Å². The highest BCUT2D eigenvalue weighted by Crippen LogP contribution is 2.32. The van der Waals surface area contributed by atoms with Gasteiger partial charge >= 0.3 is 0 Å². The van der Waals surface area contributed by atoms with Gasteiger partial charge in [-0.2, -0.15) is 0 Å². The van der Waals surface area contributed by atoms with Crippen LogP contribution in [0, 0.1) is 0 Å². The molecule has 28 heavy (non-hydrogen) atoms. The number of H-pyrrole nitrogens is 1. The number of carbonyl (C=O) groups is 2.